The Morgan fingerprint density at radius 3 is 2.13 bits per heavy atom. The molecule has 0 saturated heterocycles. The second-order valence-electron chi connectivity index (χ2n) is 6.90. The molecule has 0 unspecified atom stereocenters. The largest absolute Gasteiger partial charge is 0.492 e. The van der Waals surface area contributed by atoms with Gasteiger partial charge in [-0.3, -0.25) is 0 Å². The maximum Gasteiger partial charge on any atom is 0.127 e. The van der Waals surface area contributed by atoms with E-state index >= 15 is 0 Å². The number of benzene rings is 3. The van der Waals surface area contributed by atoms with Gasteiger partial charge < -0.3 is 9.47 Å². The maximum atomic E-state index is 6.19. The number of para-hydroxylation sites is 1. The average molecular weight is 304 g/mol. The molecule has 2 heteroatoms. The van der Waals surface area contributed by atoms with Crippen molar-refractivity contribution in [3.05, 3.63) is 60.7 Å². The first kappa shape index (κ1) is 14.1. The molecule has 4 rings (SSSR count). The van der Waals surface area contributed by atoms with Crippen molar-refractivity contribution in [3.8, 4) is 22.6 Å². The van der Waals surface area contributed by atoms with Crippen molar-refractivity contribution in [2.75, 3.05) is 13.2 Å². The van der Waals surface area contributed by atoms with E-state index in [1.54, 1.807) is 0 Å². The van der Waals surface area contributed by atoms with Crippen LogP contribution in [-0.2, 0) is 0 Å². The van der Waals surface area contributed by atoms with Gasteiger partial charge in [0, 0.05) is 16.4 Å². The zero-order chi connectivity index (χ0) is 15.9. The number of rotatable bonds is 0. The SMILES string of the molecule is CC1(C)COc2ccccc2-c2cccc3cccc(c23)OC1. The van der Waals surface area contributed by atoms with Gasteiger partial charge in [-0.05, 0) is 23.1 Å². The Hall–Kier alpha value is -2.48. The zero-order valence-corrected chi connectivity index (χ0v) is 13.5. The lowest BCUT2D eigenvalue weighted by molar-refractivity contribution is 0.111. The molecule has 0 aliphatic carbocycles. The molecule has 1 aliphatic rings. The van der Waals surface area contributed by atoms with E-state index in [0.717, 1.165) is 28.0 Å². The number of hydrogen-bond donors (Lipinski definition) is 0. The molecule has 0 bridgehead atoms. The summed E-state index contributed by atoms with van der Waals surface area (Å²) in [5, 5.41) is 2.34. The highest BCUT2D eigenvalue weighted by molar-refractivity contribution is 6.02. The van der Waals surface area contributed by atoms with E-state index in [1.165, 1.54) is 5.39 Å². The smallest absolute Gasteiger partial charge is 0.127 e. The molecule has 0 radical (unpaired) electrons. The van der Waals surface area contributed by atoms with Crippen LogP contribution in [0, 0.1) is 5.41 Å². The van der Waals surface area contributed by atoms with Crippen LogP contribution in [0.5, 0.6) is 11.5 Å². The molecule has 1 aliphatic heterocycles. The fourth-order valence-electron chi connectivity index (χ4n) is 3.05. The van der Waals surface area contributed by atoms with Crippen molar-refractivity contribution in [1.29, 1.82) is 0 Å². The Morgan fingerprint density at radius 1 is 0.696 bits per heavy atom. The molecule has 0 aromatic heterocycles. The lowest BCUT2D eigenvalue weighted by Gasteiger charge is -2.28. The number of fused-ring (bicyclic) bond motifs is 2. The van der Waals surface area contributed by atoms with Crippen LogP contribution in [0.25, 0.3) is 21.9 Å². The average Bonchev–Trinajstić information content (AvgIpc) is 2.57. The second-order valence-corrected chi connectivity index (χ2v) is 6.90. The number of hydrogen-bond acceptors (Lipinski definition) is 2. The van der Waals surface area contributed by atoms with E-state index in [4.69, 9.17) is 9.47 Å². The van der Waals surface area contributed by atoms with Crippen LogP contribution >= 0.6 is 0 Å². The zero-order valence-electron chi connectivity index (χ0n) is 13.5. The van der Waals surface area contributed by atoms with Crippen LogP contribution in [0.15, 0.2) is 60.7 Å². The fourth-order valence-corrected chi connectivity index (χ4v) is 3.05. The van der Waals surface area contributed by atoms with Gasteiger partial charge in [0.1, 0.15) is 11.5 Å². The monoisotopic (exact) mass is 304 g/mol. The molecule has 0 atom stereocenters. The minimum Gasteiger partial charge on any atom is -0.492 e. The lowest BCUT2D eigenvalue weighted by atomic mass is 9.94. The van der Waals surface area contributed by atoms with Crippen molar-refractivity contribution in [2.45, 2.75) is 13.8 Å². The first-order chi connectivity index (χ1) is 11.1. The Labute approximate surface area is 136 Å². The van der Waals surface area contributed by atoms with Gasteiger partial charge in [0.05, 0.1) is 13.2 Å². The van der Waals surface area contributed by atoms with E-state index in [-0.39, 0.29) is 5.41 Å². The Morgan fingerprint density at radius 2 is 1.30 bits per heavy atom. The predicted molar refractivity (Wildman–Crippen MR) is 94.2 cm³/mol. The van der Waals surface area contributed by atoms with Crippen molar-refractivity contribution in [3.63, 3.8) is 0 Å². The minimum atomic E-state index is -0.0540. The quantitative estimate of drug-likeness (QED) is 0.561. The van der Waals surface area contributed by atoms with E-state index in [9.17, 15) is 0 Å². The van der Waals surface area contributed by atoms with Crippen molar-refractivity contribution in [2.24, 2.45) is 5.41 Å². The van der Waals surface area contributed by atoms with E-state index in [0.29, 0.717) is 13.2 Å². The third-order valence-corrected chi connectivity index (χ3v) is 4.28. The summed E-state index contributed by atoms with van der Waals surface area (Å²) in [6.45, 7) is 5.59. The maximum absolute atomic E-state index is 6.19. The van der Waals surface area contributed by atoms with Gasteiger partial charge in [-0.15, -0.1) is 0 Å². The summed E-state index contributed by atoms with van der Waals surface area (Å²) < 4.78 is 12.3. The Bertz CT molecular complexity index is 859. The summed E-state index contributed by atoms with van der Waals surface area (Å²) in [6, 6.07) is 20.9. The second kappa shape index (κ2) is 5.31. The van der Waals surface area contributed by atoms with Crippen LogP contribution in [0.2, 0.25) is 0 Å². The van der Waals surface area contributed by atoms with Crippen LogP contribution in [0.4, 0.5) is 0 Å². The van der Waals surface area contributed by atoms with Gasteiger partial charge in [0.2, 0.25) is 0 Å². The van der Waals surface area contributed by atoms with Crippen molar-refractivity contribution in [1.82, 2.24) is 0 Å². The topological polar surface area (TPSA) is 18.5 Å². The molecule has 0 fully saturated rings. The molecule has 116 valence electrons. The summed E-state index contributed by atoms with van der Waals surface area (Å²) in [6.07, 6.45) is 0. The summed E-state index contributed by atoms with van der Waals surface area (Å²) in [5.41, 5.74) is 2.22. The summed E-state index contributed by atoms with van der Waals surface area (Å²) in [5.74, 6) is 1.88. The van der Waals surface area contributed by atoms with Gasteiger partial charge in [-0.2, -0.15) is 0 Å². The van der Waals surface area contributed by atoms with E-state index < -0.39 is 0 Å². The molecule has 23 heavy (non-hydrogen) atoms. The van der Waals surface area contributed by atoms with Crippen LogP contribution in [0.1, 0.15) is 13.8 Å². The van der Waals surface area contributed by atoms with Gasteiger partial charge in [-0.1, -0.05) is 62.4 Å². The van der Waals surface area contributed by atoms with Gasteiger partial charge in [-0.25, -0.2) is 0 Å². The highest BCUT2D eigenvalue weighted by Gasteiger charge is 2.23. The van der Waals surface area contributed by atoms with E-state index in [1.807, 2.05) is 6.07 Å². The van der Waals surface area contributed by atoms with Crippen molar-refractivity contribution >= 4 is 10.8 Å². The number of ether oxygens (including phenoxy) is 2. The summed E-state index contributed by atoms with van der Waals surface area (Å²) in [7, 11) is 0. The van der Waals surface area contributed by atoms with Gasteiger partial charge in [0.25, 0.3) is 0 Å². The van der Waals surface area contributed by atoms with Crippen molar-refractivity contribution < 1.29 is 9.47 Å². The normalized spacial score (nSPS) is 16.1. The first-order valence-corrected chi connectivity index (χ1v) is 8.01. The van der Waals surface area contributed by atoms with Crippen LogP contribution in [0.3, 0.4) is 0 Å². The van der Waals surface area contributed by atoms with Crippen LogP contribution < -0.4 is 9.47 Å². The highest BCUT2D eigenvalue weighted by atomic mass is 16.5. The molecule has 0 amide bonds. The standard InChI is InChI=1S/C21H20O2/c1-21(2)13-22-18-11-4-3-9-16(18)17-10-5-7-15-8-6-12-19(20(15)17)23-14-21/h3-12H,13-14H2,1-2H3. The molecule has 3 aromatic carbocycles. The first-order valence-electron chi connectivity index (χ1n) is 8.01. The predicted octanol–water partition coefficient (Wildman–Crippen LogP) is 5.30. The lowest BCUT2D eigenvalue weighted by Crippen LogP contribution is -2.29. The summed E-state index contributed by atoms with van der Waals surface area (Å²) >= 11 is 0. The third kappa shape index (κ3) is 2.55. The molecule has 3 aromatic rings. The Kier molecular flexibility index (Phi) is 3.26. The third-order valence-electron chi connectivity index (χ3n) is 4.28. The van der Waals surface area contributed by atoms with E-state index in [2.05, 4.69) is 68.4 Å². The fraction of sp³-hybridized carbons (Fsp3) is 0.238. The van der Waals surface area contributed by atoms with Gasteiger partial charge >= 0.3 is 0 Å². The molecule has 0 spiro atoms. The van der Waals surface area contributed by atoms with Crippen LogP contribution in [-0.4, -0.2) is 13.2 Å². The molecule has 2 nitrogen and oxygen atoms in total. The highest BCUT2D eigenvalue weighted by Crippen LogP contribution is 2.40. The molecular weight excluding hydrogens is 284 g/mol. The molecular formula is C21H20O2. The summed E-state index contributed by atoms with van der Waals surface area (Å²) in [4.78, 5) is 0. The molecule has 1 heterocycles. The van der Waals surface area contributed by atoms with Gasteiger partial charge in [0.15, 0.2) is 0 Å². The minimum absolute atomic E-state index is 0.0540. The molecule has 0 saturated carbocycles. The molecule has 0 N–H and O–H groups in total. The Balaban J connectivity index is 2.04.